The molecule has 0 radical (unpaired) electrons. The Morgan fingerprint density at radius 1 is 1.07 bits per heavy atom. The zero-order valence-corrected chi connectivity index (χ0v) is 7.39. The number of fused-ring (bicyclic) bond motifs is 3. The fraction of sp³-hybridized carbons (Fsp3) is 0.125. The Morgan fingerprint density at radius 2 is 1.86 bits per heavy atom. The van der Waals surface area contributed by atoms with E-state index < -0.39 is 0 Å². The van der Waals surface area contributed by atoms with E-state index in [1.807, 2.05) is 6.92 Å². The van der Waals surface area contributed by atoms with Gasteiger partial charge in [0.1, 0.15) is 29.7 Å². The van der Waals surface area contributed by atoms with Crippen molar-refractivity contribution in [2.75, 3.05) is 0 Å². The normalized spacial score (nSPS) is 11.2. The summed E-state index contributed by atoms with van der Waals surface area (Å²) in [4.78, 5) is 23.5. The van der Waals surface area contributed by atoms with Crippen LogP contribution in [-0.2, 0) is 0 Å². The average molecular weight is 186 g/mol. The Balaban J connectivity index is 2.54. The molecule has 2 aliphatic heterocycles. The van der Waals surface area contributed by atoms with Gasteiger partial charge in [-0.15, -0.1) is 0 Å². The summed E-state index contributed by atoms with van der Waals surface area (Å²) in [7, 11) is 0. The standard InChI is InChI=1S/C8H6N6/c1-4-13-6-5-7(10-2-9-5)11-3-12-8(6)14-4/h2-3H,1H3,(H,9,10,11,12,13,14). The molecular weight excluding hydrogens is 180 g/mol. The second-order valence-corrected chi connectivity index (χ2v) is 2.94. The molecule has 1 aromatic heterocycles. The molecule has 0 saturated heterocycles. The summed E-state index contributed by atoms with van der Waals surface area (Å²) in [6.45, 7) is 1.87. The van der Waals surface area contributed by atoms with Gasteiger partial charge in [0.25, 0.3) is 0 Å². The Hall–Kier alpha value is -2.11. The van der Waals surface area contributed by atoms with Crippen molar-refractivity contribution in [1.29, 1.82) is 0 Å². The first-order valence-corrected chi connectivity index (χ1v) is 4.12. The van der Waals surface area contributed by atoms with E-state index >= 15 is 0 Å². The summed E-state index contributed by atoms with van der Waals surface area (Å²) in [5.41, 5.74) is 2.11. The van der Waals surface area contributed by atoms with Gasteiger partial charge in [-0.05, 0) is 6.92 Å². The highest BCUT2D eigenvalue weighted by molar-refractivity contribution is 5.84. The lowest BCUT2D eigenvalue weighted by Gasteiger charge is -1.85. The number of aryl methyl sites for hydroxylation is 1. The van der Waals surface area contributed by atoms with Crippen LogP contribution in [0.3, 0.4) is 0 Å². The summed E-state index contributed by atoms with van der Waals surface area (Å²) >= 11 is 0. The van der Waals surface area contributed by atoms with Gasteiger partial charge in [-0.1, -0.05) is 0 Å². The lowest BCUT2D eigenvalue weighted by Crippen LogP contribution is -1.79. The van der Waals surface area contributed by atoms with Crippen LogP contribution in [0.1, 0.15) is 5.82 Å². The van der Waals surface area contributed by atoms with E-state index in [1.54, 1.807) is 0 Å². The summed E-state index contributed by atoms with van der Waals surface area (Å²) in [5, 5.41) is 0. The summed E-state index contributed by atoms with van der Waals surface area (Å²) in [5.74, 6) is 1.39. The van der Waals surface area contributed by atoms with E-state index in [9.17, 15) is 0 Å². The van der Waals surface area contributed by atoms with Crippen LogP contribution in [0, 0.1) is 6.92 Å². The summed E-state index contributed by atoms with van der Waals surface area (Å²) < 4.78 is 0. The van der Waals surface area contributed by atoms with E-state index in [2.05, 4.69) is 29.9 Å². The number of imidazole rings is 2. The first-order chi connectivity index (χ1) is 6.84. The minimum atomic E-state index is 0.580. The molecule has 0 fully saturated rings. The predicted octanol–water partition coefficient (Wildman–Crippen LogP) is 0.556. The maximum Gasteiger partial charge on any atom is 0.183 e. The van der Waals surface area contributed by atoms with Crippen LogP contribution in [0.15, 0.2) is 12.7 Å². The van der Waals surface area contributed by atoms with Crippen molar-refractivity contribution < 1.29 is 0 Å². The minimum absolute atomic E-state index is 0.580. The largest absolute Gasteiger partial charge is 0.339 e. The van der Waals surface area contributed by atoms with E-state index in [-0.39, 0.29) is 0 Å². The van der Waals surface area contributed by atoms with Gasteiger partial charge < -0.3 is 4.98 Å². The van der Waals surface area contributed by atoms with Crippen LogP contribution in [0.4, 0.5) is 0 Å². The summed E-state index contributed by atoms with van der Waals surface area (Å²) in [6, 6.07) is 0. The molecule has 0 bridgehead atoms. The Kier molecular flexibility index (Phi) is 1.27. The first-order valence-electron chi connectivity index (χ1n) is 4.12. The molecule has 0 spiro atoms. The van der Waals surface area contributed by atoms with Crippen LogP contribution in [-0.4, -0.2) is 29.9 Å². The molecule has 1 aromatic rings. The molecule has 0 amide bonds. The molecule has 3 rings (SSSR count). The van der Waals surface area contributed by atoms with Gasteiger partial charge in [0.2, 0.25) is 0 Å². The second-order valence-electron chi connectivity index (χ2n) is 2.94. The predicted molar refractivity (Wildman–Crippen MR) is 48.6 cm³/mol. The average Bonchev–Trinajstić information content (AvgIpc) is 2.70. The number of rotatable bonds is 0. The third kappa shape index (κ3) is 0.875. The molecule has 3 heterocycles. The van der Waals surface area contributed by atoms with Crippen LogP contribution < -0.4 is 0 Å². The highest BCUT2D eigenvalue weighted by atomic mass is 15.1. The first kappa shape index (κ1) is 7.31. The lowest BCUT2D eigenvalue weighted by molar-refractivity contribution is 1.14. The number of aromatic amines is 1. The Bertz CT molecular complexity index is 571. The number of nitrogens with zero attached hydrogens (tertiary/aromatic N) is 5. The molecule has 0 unspecified atom stereocenters. The van der Waals surface area contributed by atoms with E-state index in [4.69, 9.17) is 0 Å². The van der Waals surface area contributed by atoms with Crippen LogP contribution in [0.2, 0.25) is 0 Å². The van der Waals surface area contributed by atoms with Gasteiger partial charge in [0.05, 0.1) is 0 Å². The smallest absolute Gasteiger partial charge is 0.183 e. The maximum absolute atomic E-state index is 4.21. The van der Waals surface area contributed by atoms with Crippen molar-refractivity contribution in [1.82, 2.24) is 29.9 Å². The lowest BCUT2D eigenvalue weighted by atomic mass is 10.4. The van der Waals surface area contributed by atoms with E-state index in [1.165, 1.54) is 12.7 Å². The second kappa shape index (κ2) is 2.44. The molecule has 68 valence electrons. The number of H-pyrrole nitrogens is 1. The van der Waals surface area contributed by atoms with Gasteiger partial charge in [0, 0.05) is 0 Å². The van der Waals surface area contributed by atoms with Crippen molar-refractivity contribution in [2.24, 2.45) is 0 Å². The molecule has 0 atom stereocenters. The molecule has 0 aliphatic carbocycles. The quantitative estimate of drug-likeness (QED) is 0.554. The molecule has 14 heavy (non-hydrogen) atoms. The van der Waals surface area contributed by atoms with Crippen LogP contribution in [0.25, 0.3) is 22.7 Å². The SMILES string of the molecule is Cc1nc2ncnc3ncnc-3c2[nH]1. The maximum atomic E-state index is 4.21. The van der Waals surface area contributed by atoms with Crippen LogP contribution in [0.5, 0.6) is 0 Å². The van der Waals surface area contributed by atoms with Crippen LogP contribution >= 0.6 is 0 Å². The highest BCUT2D eigenvalue weighted by Gasteiger charge is 2.12. The molecule has 2 aliphatic rings. The molecule has 0 saturated carbocycles. The van der Waals surface area contributed by atoms with Gasteiger partial charge >= 0.3 is 0 Å². The topological polar surface area (TPSA) is 80.2 Å². The molecular formula is C8H6N6. The monoisotopic (exact) mass is 186 g/mol. The van der Waals surface area contributed by atoms with Gasteiger partial charge in [-0.3, -0.25) is 0 Å². The zero-order chi connectivity index (χ0) is 9.54. The van der Waals surface area contributed by atoms with E-state index in [0.29, 0.717) is 17.2 Å². The van der Waals surface area contributed by atoms with Crippen molar-refractivity contribution in [2.45, 2.75) is 6.92 Å². The van der Waals surface area contributed by atoms with Crippen molar-refractivity contribution in [3.8, 4) is 11.5 Å². The van der Waals surface area contributed by atoms with Crippen molar-refractivity contribution in [3.63, 3.8) is 0 Å². The van der Waals surface area contributed by atoms with Crippen molar-refractivity contribution in [3.05, 3.63) is 18.5 Å². The van der Waals surface area contributed by atoms with Gasteiger partial charge in [-0.2, -0.15) is 0 Å². The number of hydrogen-bond donors (Lipinski definition) is 1. The number of nitrogens with one attached hydrogen (secondary N) is 1. The minimum Gasteiger partial charge on any atom is -0.339 e. The summed E-state index contributed by atoms with van der Waals surface area (Å²) in [6.07, 6.45) is 2.92. The molecule has 6 nitrogen and oxygen atoms in total. The third-order valence-electron chi connectivity index (χ3n) is 1.98. The Labute approximate surface area is 78.8 Å². The Morgan fingerprint density at radius 3 is 2.71 bits per heavy atom. The van der Waals surface area contributed by atoms with Gasteiger partial charge in [-0.25, -0.2) is 24.9 Å². The third-order valence-corrected chi connectivity index (χ3v) is 1.98. The fourth-order valence-electron chi connectivity index (χ4n) is 1.41. The van der Waals surface area contributed by atoms with E-state index in [0.717, 1.165) is 11.3 Å². The van der Waals surface area contributed by atoms with Crippen molar-refractivity contribution >= 4 is 11.2 Å². The molecule has 6 heteroatoms. The molecule has 1 N–H and O–H groups in total. The highest BCUT2D eigenvalue weighted by Crippen LogP contribution is 2.20. The number of hydrogen-bond acceptors (Lipinski definition) is 5. The molecule has 0 aromatic carbocycles. The van der Waals surface area contributed by atoms with Gasteiger partial charge in [0.15, 0.2) is 11.5 Å². The fourth-order valence-corrected chi connectivity index (χ4v) is 1.41. The zero-order valence-electron chi connectivity index (χ0n) is 7.39. The number of aromatic nitrogens is 6.